The molecule has 2 saturated heterocycles. The first-order valence-electron chi connectivity index (χ1n) is 7.12. The van der Waals surface area contributed by atoms with Crippen molar-refractivity contribution in [3.05, 3.63) is 35.6 Å². The third-order valence-corrected chi connectivity index (χ3v) is 4.04. The van der Waals surface area contributed by atoms with Crippen LogP contribution in [0.2, 0.25) is 0 Å². The van der Waals surface area contributed by atoms with Gasteiger partial charge in [-0.25, -0.2) is 4.39 Å². The molecule has 0 aliphatic carbocycles. The number of carbonyl (C=O) groups is 1. The van der Waals surface area contributed by atoms with Gasteiger partial charge in [-0.05, 0) is 37.6 Å². The smallest absolute Gasteiger partial charge is 0.251 e. The van der Waals surface area contributed by atoms with Gasteiger partial charge in [0, 0.05) is 24.7 Å². The highest BCUT2D eigenvalue weighted by Crippen LogP contribution is 2.22. The summed E-state index contributed by atoms with van der Waals surface area (Å²) in [6.07, 6.45) is 2.47. The second kappa shape index (κ2) is 5.89. The number of fused-ring (bicyclic) bond motifs is 1. The van der Waals surface area contributed by atoms with E-state index < -0.39 is 5.82 Å². The highest BCUT2D eigenvalue weighted by Gasteiger charge is 2.32. The number of hydrogen-bond acceptors (Lipinski definition) is 3. The molecule has 1 N–H and O–H groups in total. The molecule has 20 heavy (non-hydrogen) atoms. The first-order valence-corrected chi connectivity index (χ1v) is 7.12. The molecule has 1 aromatic carbocycles. The Morgan fingerprint density at radius 1 is 1.50 bits per heavy atom. The van der Waals surface area contributed by atoms with Crippen molar-refractivity contribution < 1.29 is 13.9 Å². The molecular weight excluding hydrogens is 259 g/mol. The Morgan fingerprint density at radius 3 is 3.25 bits per heavy atom. The summed E-state index contributed by atoms with van der Waals surface area (Å²) in [6.45, 7) is 3.22. The zero-order valence-electron chi connectivity index (χ0n) is 11.3. The minimum absolute atomic E-state index is 0.0295. The topological polar surface area (TPSA) is 41.6 Å². The van der Waals surface area contributed by atoms with Crippen molar-refractivity contribution in [3.63, 3.8) is 0 Å². The predicted molar refractivity (Wildman–Crippen MR) is 73.1 cm³/mol. The summed E-state index contributed by atoms with van der Waals surface area (Å²) in [7, 11) is 0. The Balaban J connectivity index is 1.51. The van der Waals surface area contributed by atoms with Gasteiger partial charge in [-0.15, -0.1) is 0 Å². The lowest BCUT2D eigenvalue weighted by molar-refractivity contribution is -0.0461. The second-order valence-electron chi connectivity index (χ2n) is 5.47. The summed E-state index contributed by atoms with van der Waals surface area (Å²) in [6, 6.07) is 6.28. The SMILES string of the molecule is O=C(NC[C@@H]1CN2CCC[C@@H]2CO1)c1cccc(F)c1. The molecule has 5 heteroatoms. The number of ether oxygens (including phenoxy) is 1. The van der Waals surface area contributed by atoms with Crippen LogP contribution in [0.5, 0.6) is 0 Å². The molecule has 2 aliphatic heterocycles. The van der Waals surface area contributed by atoms with E-state index in [9.17, 15) is 9.18 Å². The van der Waals surface area contributed by atoms with Crippen molar-refractivity contribution in [2.45, 2.75) is 25.0 Å². The van der Waals surface area contributed by atoms with Crippen LogP contribution in [-0.4, -0.2) is 49.2 Å². The van der Waals surface area contributed by atoms with E-state index in [-0.39, 0.29) is 12.0 Å². The van der Waals surface area contributed by atoms with E-state index in [1.54, 1.807) is 6.07 Å². The van der Waals surface area contributed by atoms with Gasteiger partial charge in [0.2, 0.25) is 0 Å². The maximum Gasteiger partial charge on any atom is 0.251 e. The number of amides is 1. The molecule has 0 bridgehead atoms. The van der Waals surface area contributed by atoms with E-state index in [1.165, 1.54) is 31.0 Å². The zero-order chi connectivity index (χ0) is 13.9. The van der Waals surface area contributed by atoms with Crippen molar-refractivity contribution in [2.75, 3.05) is 26.2 Å². The van der Waals surface area contributed by atoms with Gasteiger partial charge in [0.05, 0.1) is 12.7 Å². The molecule has 4 nitrogen and oxygen atoms in total. The number of benzene rings is 1. The molecular formula is C15H19FN2O2. The zero-order valence-corrected chi connectivity index (χ0v) is 11.3. The highest BCUT2D eigenvalue weighted by atomic mass is 19.1. The number of carbonyl (C=O) groups excluding carboxylic acids is 1. The quantitative estimate of drug-likeness (QED) is 0.909. The summed E-state index contributed by atoms with van der Waals surface area (Å²) in [4.78, 5) is 14.4. The molecule has 0 unspecified atom stereocenters. The number of hydrogen-bond donors (Lipinski definition) is 1. The van der Waals surface area contributed by atoms with Crippen molar-refractivity contribution >= 4 is 5.91 Å². The summed E-state index contributed by atoms with van der Waals surface area (Å²) in [5.41, 5.74) is 0.347. The van der Waals surface area contributed by atoms with Gasteiger partial charge in [0.1, 0.15) is 5.82 Å². The fraction of sp³-hybridized carbons (Fsp3) is 0.533. The third-order valence-electron chi connectivity index (χ3n) is 4.04. The normalized spacial score (nSPS) is 26.2. The maximum atomic E-state index is 13.1. The summed E-state index contributed by atoms with van der Waals surface area (Å²) in [5.74, 6) is -0.650. The van der Waals surface area contributed by atoms with E-state index in [1.807, 2.05) is 0 Å². The van der Waals surface area contributed by atoms with Gasteiger partial charge in [0.25, 0.3) is 5.91 Å². The van der Waals surface area contributed by atoms with Gasteiger partial charge in [-0.2, -0.15) is 0 Å². The first kappa shape index (κ1) is 13.5. The standard InChI is InChI=1S/C15H19FN2O2/c16-12-4-1-3-11(7-12)15(19)17-8-14-9-18-6-2-5-13(18)10-20-14/h1,3-4,7,13-14H,2,5-6,8-10H2,(H,17,19)/t13-,14-/m1/s1. The van der Waals surface area contributed by atoms with Crippen LogP contribution in [0.3, 0.4) is 0 Å². The monoisotopic (exact) mass is 278 g/mol. The largest absolute Gasteiger partial charge is 0.373 e. The number of nitrogens with zero attached hydrogens (tertiary/aromatic N) is 1. The minimum Gasteiger partial charge on any atom is -0.373 e. The van der Waals surface area contributed by atoms with Crippen LogP contribution in [0, 0.1) is 5.82 Å². The average Bonchev–Trinajstić information content (AvgIpc) is 2.92. The summed E-state index contributed by atoms with van der Waals surface area (Å²) in [5, 5.41) is 2.82. The lowest BCUT2D eigenvalue weighted by Crippen LogP contribution is -2.50. The van der Waals surface area contributed by atoms with Crippen LogP contribution in [0.25, 0.3) is 0 Å². The van der Waals surface area contributed by atoms with E-state index in [2.05, 4.69) is 10.2 Å². The molecule has 2 aliphatic rings. The number of morpholine rings is 1. The lowest BCUT2D eigenvalue weighted by atomic mass is 10.1. The molecule has 1 amide bonds. The lowest BCUT2D eigenvalue weighted by Gasteiger charge is -2.35. The highest BCUT2D eigenvalue weighted by molar-refractivity contribution is 5.94. The van der Waals surface area contributed by atoms with Crippen LogP contribution in [-0.2, 0) is 4.74 Å². The first-order chi connectivity index (χ1) is 9.72. The third kappa shape index (κ3) is 2.99. The molecule has 3 rings (SSSR count). The Morgan fingerprint density at radius 2 is 2.40 bits per heavy atom. The second-order valence-corrected chi connectivity index (χ2v) is 5.47. The van der Waals surface area contributed by atoms with Crippen molar-refractivity contribution in [1.29, 1.82) is 0 Å². The van der Waals surface area contributed by atoms with Crippen LogP contribution in [0.15, 0.2) is 24.3 Å². The van der Waals surface area contributed by atoms with E-state index in [0.717, 1.165) is 19.7 Å². The van der Waals surface area contributed by atoms with Gasteiger partial charge in [-0.3, -0.25) is 9.69 Å². The average molecular weight is 278 g/mol. The van der Waals surface area contributed by atoms with Crippen molar-refractivity contribution in [2.24, 2.45) is 0 Å². The van der Waals surface area contributed by atoms with Crippen LogP contribution >= 0.6 is 0 Å². The fourth-order valence-electron chi connectivity index (χ4n) is 2.95. The Labute approximate surface area is 117 Å². The molecule has 2 atom stereocenters. The fourth-order valence-corrected chi connectivity index (χ4v) is 2.95. The number of halogens is 1. The molecule has 2 heterocycles. The molecule has 0 radical (unpaired) electrons. The molecule has 108 valence electrons. The molecule has 2 fully saturated rings. The summed E-state index contributed by atoms with van der Waals surface area (Å²) >= 11 is 0. The molecule has 0 spiro atoms. The molecule has 0 saturated carbocycles. The van der Waals surface area contributed by atoms with Crippen molar-refractivity contribution in [1.82, 2.24) is 10.2 Å². The Hall–Kier alpha value is -1.46. The van der Waals surface area contributed by atoms with E-state index in [4.69, 9.17) is 4.74 Å². The predicted octanol–water partition coefficient (Wildman–Crippen LogP) is 1.42. The minimum atomic E-state index is -0.397. The number of nitrogens with one attached hydrogen (secondary N) is 1. The summed E-state index contributed by atoms with van der Waals surface area (Å²) < 4.78 is 18.8. The van der Waals surface area contributed by atoms with Crippen LogP contribution in [0.1, 0.15) is 23.2 Å². The Kier molecular flexibility index (Phi) is 3.98. The van der Waals surface area contributed by atoms with Gasteiger partial charge < -0.3 is 10.1 Å². The van der Waals surface area contributed by atoms with Gasteiger partial charge in [-0.1, -0.05) is 6.07 Å². The molecule has 0 aromatic heterocycles. The van der Waals surface area contributed by atoms with E-state index >= 15 is 0 Å². The van der Waals surface area contributed by atoms with Crippen LogP contribution < -0.4 is 5.32 Å². The van der Waals surface area contributed by atoms with Crippen molar-refractivity contribution in [3.8, 4) is 0 Å². The maximum absolute atomic E-state index is 13.1. The van der Waals surface area contributed by atoms with E-state index in [0.29, 0.717) is 18.2 Å². The van der Waals surface area contributed by atoms with Crippen LogP contribution in [0.4, 0.5) is 4.39 Å². The molecule has 1 aromatic rings. The van der Waals surface area contributed by atoms with Gasteiger partial charge in [0.15, 0.2) is 0 Å². The van der Waals surface area contributed by atoms with Gasteiger partial charge >= 0.3 is 0 Å². The Bertz CT molecular complexity index is 495. The number of rotatable bonds is 3.